The smallest absolute Gasteiger partial charge is 0.376 e. The molecule has 0 aliphatic carbocycles. The van der Waals surface area contributed by atoms with E-state index in [1.165, 1.54) is 12.1 Å². The normalized spacial score (nSPS) is 20.7. The summed E-state index contributed by atoms with van der Waals surface area (Å²) in [5.74, 6) is 0. The number of hydrogen-bond donors (Lipinski definition) is 1. The zero-order valence-corrected chi connectivity index (χ0v) is 10.2. The summed E-state index contributed by atoms with van der Waals surface area (Å²) in [5, 5.41) is 20.1. The van der Waals surface area contributed by atoms with Gasteiger partial charge in [0.05, 0.1) is 17.6 Å². The largest absolute Gasteiger partial charge is 0.437 e. The molecule has 96 valence electrons. The molecule has 0 bridgehead atoms. The van der Waals surface area contributed by atoms with Crippen molar-refractivity contribution in [2.45, 2.75) is 12.9 Å². The van der Waals surface area contributed by atoms with Gasteiger partial charge in [-0.05, 0) is 24.5 Å². The lowest BCUT2D eigenvalue weighted by Gasteiger charge is -2.33. The van der Waals surface area contributed by atoms with E-state index in [1.807, 2.05) is 4.81 Å². The minimum atomic E-state index is -0.505. The van der Waals surface area contributed by atoms with Gasteiger partial charge in [-0.2, -0.15) is 0 Å². The Morgan fingerprint density at radius 1 is 1.50 bits per heavy atom. The second-order valence-electron chi connectivity index (χ2n) is 4.33. The van der Waals surface area contributed by atoms with E-state index in [4.69, 9.17) is 4.74 Å². The third kappa shape index (κ3) is 2.87. The van der Waals surface area contributed by atoms with Crippen LogP contribution in [0.3, 0.4) is 0 Å². The first kappa shape index (κ1) is 13.0. The number of benzene rings is 1. The summed E-state index contributed by atoms with van der Waals surface area (Å²) >= 11 is 0. The minimum absolute atomic E-state index is 0.0712. The summed E-state index contributed by atoms with van der Waals surface area (Å²) in [4.78, 5) is 12.1. The van der Waals surface area contributed by atoms with Crippen molar-refractivity contribution < 1.29 is 14.7 Å². The summed E-state index contributed by atoms with van der Waals surface area (Å²) in [6.45, 7) is 3.56. The molecule has 7 heteroatoms. The quantitative estimate of drug-likeness (QED) is 0.493. The third-order valence-electron chi connectivity index (χ3n) is 3.10. The number of rotatable bonds is 3. The molecule has 1 atom stereocenters. The van der Waals surface area contributed by atoms with Gasteiger partial charge >= 0.3 is 7.05 Å². The van der Waals surface area contributed by atoms with Crippen LogP contribution in [0.4, 0.5) is 5.69 Å². The van der Waals surface area contributed by atoms with Crippen LogP contribution in [-0.4, -0.2) is 41.5 Å². The van der Waals surface area contributed by atoms with Crippen molar-refractivity contribution in [2.75, 3.05) is 19.7 Å². The van der Waals surface area contributed by atoms with E-state index in [0.717, 1.165) is 5.56 Å². The molecule has 0 saturated carbocycles. The molecule has 1 aromatic rings. The van der Waals surface area contributed by atoms with Crippen LogP contribution in [0.2, 0.25) is 6.82 Å². The third-order valence-corrected chi connectivity index (χ3v) is 3.10. The lowest BCUT2D eigenvalue weighted by atomic mass is 9.83. The van der Waals surface area contributed by atoms with Crippen molar-refractivity contribution in [3.63, 3.8) is 0 Å². The monoisotopic (exact) mass is 250 g/mol. The molecule has 1 N–H and O–H groups in total. The summed E-state index contributed by atoms with van der Waals surface area (Å²) in [6.07, 6.45) is -0.144. The number of hydrogen-bond acceptors (Lipinski definition) is 5. The highest BCUT2D eigenvalue weighted by molar-refractivity contribution is 6.45. The molecule has 1 fully saturated rings. The van der Waals surface area contributed by atoms with Crippen molar-refractivity contribution in [1.29, 1.82) is 0 Å². The summed E-state index contributed by atoms with van der Waals surface area (Å²) in [6, 6.07) is 6.35. The molecule has 1 aromatic carbocycles. The molecule has 0 spiro atoms. The number of nitro benzene ring substituents is 1. The summed E-state index contributed by atoms with van der Waals surface area (Å²) in [7, 11) is -0.505. The molecular weight excluding hydrogens is 235 g/mol. The van der Waals surface area contributed by atoms with E-state index in [2.05, 4.69) is 0 Å². The van der Waals surface area contributed by atoms with E-state index >= 15 is 0 Å². The molecule has 0 amide bonds. The van der Waals surface area contributed by atoms with Crippen LogP contribution in [-0.2, 0) is 4.74 Å². The summed E-state index contributed by atoms with van der Waals surface area (Å²) in [5.41, 5.74) is 0.966. The molecule has 2 rings (SSSR count). The molecule has 0 radical (unpaired) electrons. The lowest BCUT2D eigenvalue weighted by Crippen LogP contribution is -2.46. The van der Waals surface area contributed by atoms with E-state index in [9.17, 15) is 15.1 Å². The van der Waals surface area contributed by atoms with Crippen molar-refractivity contribution in [3.05, 3.63) is 39.9 Å². The van der Waals surface area contributed by atoms with Gasteiger partial charge in [-0.25, -0.2) is 0 Å². The number of nitro groups is 1. The van der Waals surface area contributed by atoms with Gasteiger partial charge in [-0.1, -0.05) is 0 Å². The van der Waals surface area contributed by atoms with Gasteiger partial charge in [0.25, 0.3) is 5.69 Å². The van der Waals surface area contributed by atoms with E-state index in [0.29, 0.717) is 19.7 Å². The fraction of sp³-hybridized carbons (Fsp3) is 0.455. The molecule has 1 aliphatic rings. The van der Waals surface area contributed by atoms with Crippen molar-refractivity contribution >= 4 is 12.7 Å². The van der Waals surface area contributed by atoms with Crippen LogP contribution < -0.4 is 0 Å². The standard InChI is InChI=1S/C11H15BN2O4/c1-12(15)13-6-7-18-11(8-13)9-2-4-10(5-3-9)14(16)17/h2-5,11,15H,6-8H2,1H3. The van der Waals surface area contributed by atoms with Crippen molar-refractivity contribution in [2.24, 2.45) is 0 Å². The average Bonchev–Trinajstić information content (AvgIpc) is 2.39. The molecule has 1 unspecified atom stereocenters. The highest BCUT2D eigenvalue weighted by Crippen LogP contribution is 2.24. The first-order chi connectivity index (χ1) is 8.58. The van der Waals surface area contributed by atoms with Gasteiger partial charge in [-0.3, -0.25) is 10.1 Å². The van der Waals surface area contributed by atoms with E-state index in [-0.39, 0.29) is 11.8 Å². The number of nitrogens with zero attached hydrogens (tertiary/aromatic N) is 2. The number of ether oxygens (including phenoxy) is 1. The van der Waals surface area contributed by atoms with Crippen LogP contribution in [0.15, 0.2) is 24.3 Å². The van der Waals surface area contributed by atoms with E-state index in [1.54, 1.807) is 19.0 Å². The second-order valence-corrected chi connectivity index (χ2v) is 4.33. The molecule has 1 saturated heterocycles. The van der Waals surface area contributed by atoms with Crippen LogP contribution in [0.25, 0.3) is 0 Å². The molecule has 0 aromatic heterocycles. The Morgan fingerprint density at radius 3 is 2.72 bits per heavy atom. The van der Waals surface area contributed by atoms with Crippen molar-refractivity contribution in [1.82, 2.24) is 4.81 Å². The highest BCUT2D eigenvalue weighted by atomic mass is 16.6. The zero-order valence-electron chi connectivity index (χ0n) is 10.2. The fourth-order valence-corrected chi connectivity index (χ4v) is 2.02. The first-order valence-electron chi connectivity index (χ1n) is 5.86. The molecule has 1 heterocycles. The highest BCUT2D eigenvalue weighted by Gasteiger charge is 2.26. The van der Waals surface area contributed by atoms with Crippen LogP contribution >= 0.6 is 0 Å². The van der Waals surface area contributed by atoms with Crippen LogP contribution in [0.1, 0.15) is 11.7 Å². The molecule has 18 heavy (non-hydrogen) atoms. The van der Waals surface area contributed by atoms with Crippen molar-refractivity contribution in [3.8, 4) is 0 Å². The Balaban J connectivity index is 2.09. The Hall–Kier alpha value is -1.44. The fourth-order valence-electron chi connectivity index (χ4n) is 2.02. The molecule has 1 aliphatic heterocycles. The van der Waals surface area contributed by atoms with Crippen LogP contribution in [0.5, 0.6) is 0 Å². The Kier molecular flexibility index (Phi) is 3.95. The first-order valence-corrected chi connectivity index (χ1v) is 5.86. The number of non-ortho nitro benzene ring substituents is 1. The maximum absolute atomic E-state index is 10.6. The van der Waals surface area contributed by atoms with Gasteiger partial charge in [0.15, 0.2) is 0 Å². The van der Waals surface area contributed by atoms with Gasteiger partial charge in [0.2, 0.25) is 0 Å². The predicted molar refractivity (Wildman–Crippen MR) is 67.2 cm³/mol. The predicted octanol–water partition coefficient (Wildman–Crippen LogP) is 1.08. The van der Waals surface area contributed by atoms with Gasteiger partial charge < -0.3 is 14.6 Å². The van der Waals surface area contributed by atoms with Gasteiger partial charge in [0.1, 0.15) is 0 Å². The average molecular weight is 250 g/mol. The maximum Gasteiger partial charge on any atom is 0.376 e. The minimum Gasteiger partial charge on any atom is -0.437 e. The SMILES string of the molecule is CB(O)N1CCOC(c2ccc([N+](=O)[O-])cc2)C1. The van der Waals surface area contributed by atoms with Crippen LogP contribution in [0, 0.1) is 10.1 Å². The maximum atomic E-state index is 10.6. The Morgan fingerprint density at radius 2 is 2.17 bits per heavy atom. The Labute approximate surface area is 105 Å². The topological polar surface area (TPSA) is 75.8 Å². The van der Waals surface area contributed by atoms with Gasteiger partial charge in [0, 0.05) is 25.2 Å². The number of morpholine rings is 1. The zero-order chi connectivity index (χ0) is 13.1. The molecule has 6 nitrogen and oxygen atoms in total. The summed E-state index contributed by atoms with van der Waals surface area (Å²) < 4.78 is 5.62. The Bertz CT molecular complexity index is 424. The van der Waals surface area contributed by atoms with E-state index < -0.39 is 12.0 Å². The van der Waals surface area contributed by atoms with Gasteiger partial charge in [-0.15, -0.1) is 0 Å². The second kappa shape index (κ2) is 5.47. The molecular formula is C11H15BN2O4. The lowest BCUT2D eigenvalue weighted by molar-refractivity contribution is -0.384.